The minimum atomic E-state index is -0.512. The molecule has 0 aliphatic carbocycles. The fourth-order valence-corrected chi connectivity index (χ4v) is 1.47. The lowest BCUT2D eigenvalue weighted by Gasteiger charge is -1.98. The van der Waals surface area contributed by atoms with Crippen molar-refractivity contribution >= 4 is 22.9 Å². The standard InChI is InChI=1S/C12H10N2O2/c13-12(16)4-2-8-1-3-10-9(7-8)11(15)5-6-14-10/h1-7H,(H2,13,16)(H,14,15). The lowest BCUT2D eigenvalue weighted by Crippen LogP contribution is -2.05. The van der Waals surface area contributed by atoms with Crippen LogP contribution in [0.5, 0.6) is 0 Å². The van der Waals surface area contributed by atoms with E-state index in [1.165, 1.54) is 12.1 Å². The summed E-state index contributed by atoms with van der Waals surface area (Å²) in [4.78, 5) is 25.1. The van der Waals surface area contributed by atoms with Crippen molar-refractivity contribution in [2.45, 2.75) is 0 Å². The van der Waals surface area contributed by atoms with E-state index in [1.807, 2.05) is 0 Å². The van der Waals surface area contributed by atoms with Gasteiger partial charge in [0.15, 0.2) is 5.43 Å². The van der Waals surface area contributed by atoms with Crippen LogP contribution in [0.15, 0.2) is 41.3 Å². The molecule has 3 N–H and O–H groups in total. The van der Waals surface area contributed by atoms with Gasteiger partial charge in [-0.2, -0.15) is 0 Å². The molecule has 0 saturated carbocycles. The number of fused-ring (bicyclic) bond motifs is 1. The number of aromatic nitrogens is 1. The average molecular weight is 214 g/mol. The maximum Gasteiger partial charge on any atom is 0.241 e. The summed E-state index contributed by atoms with van der Waals surface area (Å²) in [6, 6.07) is 6.77. The van der Waals surface area contributed by atoms with Crippen molar-refractivity contribution in [3.63, 3.8) is 0 Å². The van der Waals surface area contributed by atoms with Crippen molar-refractivity contribution in [1.82, 2.24) is 4.98 Å². The maximum atomic E-state index is 11.5. The molecule has 80 valence electrons. The number of benzene rings is 1. The summed E-state index contributed by atoms with van der Waals surface area (Å²) in [6.45, 7) is 0. The van der Waals surface area contributed by atoms with Gasteiger partial charge >= 0.3 is 0 Å². The number of primary amides is 1. The minimum absolute atomic E-state index is 0.0527. The highest BCUT2D eigenvalue weighted by Crippen LogP contribution is 2.10. The summed E-state index contributed by atoms with van der Waals surface area (Å²) in [5.74, 6) is -0.512. The van der Waals surface area contributed by atoms with Crippen LogP contribution in [0.25, 0.3) is 17.0 Å². The molecule has 1 heterocycles. The van der Waals surface area contributed by atoms with E-state index in [-0.39, 0.29) is 5.43 Å². The predicted molar refractivity (Wildman–Crippen MR) is 62.8 cm³/mol. The second-order valence-electron chi connectivity index (χ2n) is 3.38. The number of carbonyl (C=O) groups is 1. The quantitative estimate of drug-likeness (QED) is 0.732. The Labute approximate surface area is 91.4 Å². The zero-order valence-corrected chi connectivity index (χ0v) is 8.44. The summed E-state index contributed by atoms with van der Waals surface area (Å²) in [6.07, 6.45) is 4.44. The Kier molecular flexibility index (Phi) is 2.55. The van der Waals surface area contributed by atoms with E-state index in [4.69, 9.17) is 5.73 Å². The van der Waals surface area contributed by atoms with Crippen LogP contribution in [0, 0.1) is 0 Å². The number of nitrogens with two attached hydrogens (primary N) is 1. The third-order valence-electron chi connectivity index (χ3n) is 2.22. The summed E-state index contributed by atoms with van der Waals surface area (Å²) in [5, 5.41) is 0.592. The molecule has 0 bridgehead atoms. The van der Waals surface area contributed by atoms with Crippen LogP contribution in [0.1, 0.15) is 5.56 Å². The second-order valence-corrected chi connectivity index (χ2v) is 3.38. The number of hydrogen-bond donors (Lipinski definition) is 2. The Morgan fingerprint density at radius 3 is 2.88 bits per heavy atom. The fourth-order valence-electron chi connectivity index (χ4n) is 1.47. The molecule has 1 aromatic carbocycles. The molecule has 4 nitrogen and oxygen atoms in total. The SMILES string of the molecule is NC(=O)C=Cc1ccc2[nH]ccc(=O)c2c1. The van der Waals surface area contributed by atoms with Gasteiger partial charge in [-0.3, -0.25) is 9.59 Å². The van der Waals surface area contributed by atoms with Gasteiger partial charge in [0, 0.05) is 29.2 Å². The number of H-pyrrole nitrogens is 1. The van der Waals surface area contributed by atoms with Crippen molar-refractivity contribution in [2.75, 3.05) is 0 Å². The molecule has 0 aliphatic heterocycles. The van der Waals surface area contributed by atoms with Gasteiger partial charge in [0.25, 0.3) is 0 Å². The molecule has 2 aromatic rings. The van der Waals surface area contributed by atoms with E-state index in [9.17, 15) is 9.59 Å². The Morgan fingerprint density at radius 2 is 2.12 bits per heavy atom. The van der Waals surface area contributed by atoms with E-state index in [1.54, 1.807) is 30.5 Å². The summed E-state index contributed by atoms with van der Waals surface area (Å²) >= 11 is 0. The molecule has 0 unspecified atom stereocenters. The van der Waals surface area contributed by atoms with Crippen molar-refractivity contribution in [1.29, 1.82) is 0 Å². The average Bonchev–Trinajstić information content (AvgIpc) is 2.27. The molecular formula is C12H10N2O2. The number of amides is 1. The van der Waals surface area contributed by atoms with E-state index in [0.717, 1.165) is 11.1 Å². The molecule has 1 amide bonds. The molecule has 0 aliphatic rings. The lowest BCUT2D eigenvalue weighted by atomic mass is 10.1. The van der Waals surface area contributed by atoms with Crippen LogP contribution in [-0.2, 0) is 4.79 Å². The minimum Gasteiger partial charge on any atom is -0.366 e. The summed E-state index contributed by atoms with van der Waals surface area (Å²) in [7, 11) is 0. The van der Waals surface area contributed by atoms with Gasteiger partial charge in [0.2, 0.25) is 5.91 Å². The number of nitrogens with one attached hydrogen (secondary N) is 1. The first-order valence-corrected chi connectivity index (χ1v) is 4.76. The van der Waals surface area contributed by atoms with E-state index in [0.29, 0.717) is 5.39 Å². The molecule has 0 radical (unpaired) electrons. The van der Waals surface area contributed by atoms with Crippen molar-refractivity contribution in [2.24, 2.45) is 5.73 Å². The van der Waals surface area contributed by atoms with Crippen LogP contribution in [-0.4, -0.2) is 10.9 Å². The Morgan fingerprint density at radius 1 is 1.31 bits per heavy atom. The van der Waals surface area contributed by atoms with Crippen molar-refractivity contribution in [3.8, 4) is 0 Å². The van der Waals surface area contributed by atoms with Crippen LogP contribution < -0.4 is 11.2 Å². The van der Waals surface area contributed by atoms with E-state index >= 15 is 0 Å². The molecule has 0 atom stereocenters. The number of rotatable bonds is 2. The molecule has 0 fully saturated rings. The van der Waals surface area contributed by atoms with Gasteiger partial charge < -0.3 is 10.7 Å². The van der Waals surface area contributed by atoms with Gasteiger partial charge in [-0.15, -0.1) is 0 Å². The first-order chi connectivity index (χ1) is 7.66. The molecule has 1 aromatic heterocycles. The first-order valence-electron chi connectivity index (χ1n) is 4.76. The zero-order valence-electron chi connectivity index (χ0n) is 8.44. The van der Waals surface area contributed by atoms with Crippen LogP contribution in [0.4, 0.5) is 0 Å². The molecule has 0 saturated heterocycles. The summed E-state index contributed by atoms with van der Waals surface area (Å²) < 4.78 is 0. The van der Waals surface area contributed by atoms with Gasteiger partial charge in [0.1, 0.15) is 0 Å². The zero-order chi connectivity index (χ0) is 11.5. The number of aromatic amines is 1. The lowest BCUT2D eigenvalue weighted by molar-refractivity contribution is -0.113. The highest BCUT2D eigenvalue weighted by Gasteiger charge is 1.98. The topological polar surface area (TPSA) is 76.0 Å². The van der Waals surface area contributed by atoms with Gasteiger partial charge in [-0.05, 0) is 23.8 Å². The van der Waals surface area contributed by atoms with Crippen LogP contribution >= 0.6 is 0 Å². The third-order valence-corrected chi connectivity index (χ3v) is 2.22. The fraction of sp³-hybridized carbons (Fsp3) is 0. The molecular weight excluding hydrogens is 204 g/mol. The van der Waals surface area contributed by atoms with E-state index < -0.39 is 5.91 Å². The Balaban J connectivity index is 2.55. The molecule has 2 rings (SSSR count). The molecule has 0 spiro atoms. The predicted octanol–water partition coefficient (Wildman–Crippen LogP) is 1.03. The highest BCUT2D eigenvalue weighted by atomic mass is 16.1. The largest absolute Gasteiger partial charge is 0.366 e. The highest BCUT2D eigenvalue weighted by molar-refractivity contribution is 5.91. The Bertz CT molecular complexity index is 626. The number of carbonyl (C=O) groups excluding carboxylic acids is 1. The normalized spacial score (nSPS) is 11.0. The molecule has 4 heteroatoms. The summed E-state index contributed by atoms with van der Waals surface area (Å²) in [5.41, 5.74) is 6.47. The second kappa shape index (κ2) is 4.02. The third kappa shape index (κ3) is 2.00. The van der Waals surface area contributed by atoms with Crippen molar-refractivity contribution < 1.29 is 4.79 Å². The van der Waals surface area contributed by atoms with Crippen LogP contribution in [0.2, 0.25) is 0 Å². The van der Waals surface area contributed by atoms with Gasteiger partial charge in [-0.25, -0.2) is 0 Å². The number of hydrogen-bond acceptors (Lipinski definition) is 2. The Hall–Kier alpha value is -2.36. The van der Waals surface area contributed by atoms with Crippen LogP contribution in [0.3, 0.4) is 0 Å². The first kappa shape index (κ1) is 10.2. The van der Waals surface area contributed by atoms with Gasteiger partial charge in [-0.1, -0.05) is 6.07 Å². The number of pyridine rings is 1. The molecule has 16 heavy (non-hydrogen) atoms. The van der Waals surface area contributed by atoms with Crippen molar-refractivity contribution in [3.05, 3.63) is 52.3 Å². The van der Waals surface area contributed by atoms with E-state index in [2.05, 4.69) is 4.98 Å². The monoisotopic (exact) mass is 214 g/mol. The smallest absolute Gasteiger partial charge is 0.241 e. The maximum absolute atomic E-state index is 11.5. The van der Waals surface area contributed by atoms with Gasteiger partial charge in [0.05, 0.1) is 0 Å².